The Bertz CT molecular complexity index is 1280. The SMILES string of the molecule is O=C(O)N(CCOc1cc(Cl)cc(C(=O)N(CCS(=O)(=O)F)c2ccccc2)c1)c1ccncc1. The Morgan fingerprint density at radius 3 is 2.26 bits per heavy atom. The molecule has 0 unspecified atom stereocenters. The first-order valence-electron chi connectivity index (χ1n) is 10.3. The van der Waals surface area contributed by atoms with E-state index in [0.717, 1.165) is 9.80 Å². The first-order chi connectivity index (χ1) is 16.6. The lowest BCUT2D eigenvalue weighted by Crippen LogP contribution is -2.35. The summed E-state index contributed by atoms with van der Waals surface area (Å²) < 4.78 is 41.0. The van der Waals surface area contributed by atoms with Gasteiger partial charge in [-0.05, 0) is 42.5 Å². The van der Waals surface area contributed by atoms with Crippen molar-refractivity contribution >= 4 is 45.2 Å². The molecule has 2 aromatic carbocycles. The van der Waals surface area contributed by atoms with Gasteiger partial charge < -0.3 is 14.7 Å². The highest BCUT2D eigenvalue weighted by molar-refractivity contribution is 7.86. The number of ether oxygens (including phenoxy) is 1. The number of amides is 2. The minimum absolute atomic E-state index is 0.0142. The van der Waals surface area contributed by atoms with Crippen LogP contribution in [-0.2, 0) is 10.2 Å². The van der Waals surface area contributed by atoms with Crippen molar-refractivity contribution in [1.29, 1.82) is 0 Å². The average molecular weight is 522 g/mol. The van der Waals surface area contributed by atoms with E-state index in [-0.39, 0.29) is 29.5 Å². The van der Waals surface area contributed by atoms with Gasteiger partial charge >= 0.3 is 16.3 Å². The highest BCUT2D eigenvalue weighted by atomic mass is 35.5. The van der Waals surface area contributed by atoms with Crippen LogP contribution in [-0.4, -0.2) is 56.0 Å². The molecule has 1 N–H and O–H groups in total. The molecule has 0 saturated carbocycles. The second-order valence-electron chi connectivity index (χ2n) is 7.20. The van der Waals surface area contributed by atoms with Crippen LogP contribution in [0, 0.1) is 0 Å². The van der Waals surface area contributed by atoms with Crippen molar-refractivity contribution in [3.8, 4) is 5.75 Å². The normalized spacial score (nSPS) is 11.0. The molecule has 0 bridgehead atoms. The van der Waals surface area contributed by atoms with Crippen molar-refractivity contribution in [2.75, 3.05) is 35.2 Å². The number of carbonyl (C=O) groups is 2. The predicted octanol–water partition coefficient (Wildman–Crippen LogP) is 4.24. The molecule has 0 atom stereocenters. The summed E-state index contributed by atoms with van der Waals surface area (Å²) in [6.45, 7) is -0.478. The zero-order valence-corrected chi connectivity index (χ0v) is 19.8. The Balaban J connectivity index is 1.77. The maximum Gasteiger partial charge on any atom is 0.411 e. The highest BCUT2D eigenvalue weighted by Crippen LogP contribution is 2.25. The molecule has 0 aliphatic carbocycles. The van der Waals surface area contributed by atoms with Gasteiger partial charge in [0.25, 0.3) is 5.91 Å². The average Bonchev–Trinajstić information content (AvgIpc) is 2.82. The number of halogens is 2. The lowest BCUT2D eigenvalue weighted by Gasteiger charge is -2.23. The van der Waals surface area contributed by atoms with Crippen LogP contribution in [0.3, 0.4) is 0 Å². The lowest BCUT2D eigenvalue weighted by molar-refractivity contribution is 0.0988. The molecule has 0 aliphatic heterocycles. The first kappa shape index (κ1) is 25.9. The molecule has 0 aliphatic rings. The summed E-state index contributed by atoms with van der Waals surface area (Å²) in [6.07, 6.45) is 1.75. The third-order valence-corrected chi connectivity index (χ3v) is 5.67. The minimum Gasteiger partial charge on any atom is -0.492 e. The van der Waals surface area contributed by atoms with Gasteiger partial charge in [0.05, 0.1) is 18.0 Å². The van der Waals surface area contributed by atoms with Crippen molar-refractivity contribution in [3.05, 3.63) is 83.6 Å². The van der Waals surface area contributed by atoms with Gasteiger partial charge in [0.1, 0.15) is 12.4 Å². The molecule has 12 heteroatoms. The van der Waals surface area contributed by atoms with Crippen LogP contribution >= 0.6 is 11.6 Å². The van der Waals surface area contributed by atoms with Crippen LogP contribution in [0.1, 0.15) is 10.4 Å². The third kappa shape index (κ3) is 7.66. The van der Waals surface area contributed by atoms with Gasteiger partial charge in [-0.25, -0.2) is 4.79 Å². The van der Waals surface area contributed by atoms with Gasteiger partial charge in [-0.1, -0.05) is 29.8 Å². The third-order valence-electron chi connectivity index (χ3n) is 4.78. The van der Waals surface area contributed by atoms with Crippen molar-refractivity contribution in [3.63, 3.8) is 0 Å². The van der Waals surface area contributed by atoms with E-state index in [2.05, 4.69) is 4.98 Å². The van der Waals surface area contributed by atoms with E-state index in [0.29, 0.717) is 11.4 Å². The van der Waals surface area contributed by atoms with Gasteiger partial charge in [-0.15, -0.1) is 3.89 Å². The van der Waals surface area contributed by atoms with Crippen LogP contribution in [0.2, 0.25) is 5.02 Å². The van der Waals surface area contributed by atoms with Gasteiger partial charge in [0.15, 0.2) is 0 Å². The lowest BCUT2D eigenvalue weighted by atomic mass is 10.1. The Morgan fingerprint density at radius 2 is 1.63 bits per heavy atom. The summed E-state index contributed by atoms with van der Waals surface area (Å²) in [5.74, 6) is -1.29. The molecule has 3 rings (SSSR count). The Hall–Kier alpha value is -3.70. The molecule has 0 spiro atoms. The quantitative estimate of drug-likeness (QED) is 0.396. The maximum absolute atomic E-state index is 13.2. The number of anilines is 2. The van der Waals surface area contributed by atoms with Crippen LogP contribution in [0.5, 0.6) is 5.75 Å². The number of benzene rings is 2. The van der Waals surface area contributed by atoms with Crippen LogP contribution in [0.4, 0.5) is 20.1 Å². The Labute approximate surface area is 206 Å². The highest BCUT2D eigenvalue weighted by Gasteiger charge is 2.22. The standard InChI is InChI=1S/C23H21ClFN3O6S/c24-18-14-17(22(29)27(11-13-35(25,32)33)19-4-2-1-3-5-19)15-21(16-18)34-12-10-28(23(30)31)20-6-8-26-9-7-20/h1-9,14-16H,10-13H2,(H,30,31). The summed E-state index contributed by atoms with van der Waals surface area (Å²) in [5.41, 5.74) is 0.870. The van der Waals surface area contributed by atoms with E-state index in [1.165, 1.54) is 30.6 Å². The minimum atomic E-state index is -4.81. The summed E-state index contributed by atoms with van der Waals surface area (Å²) in [4.78, 5) is 30.9. The number of carbonyl (C=O) groups excluding carboxylic acids is 1. The van der Waals surface area contributed by atoms with Crippen molar-refractivity contribution < 1.29 is 31.7 Å². The molecule has 0 radical (unpaired) electrons. The molecule has 9 nitrogen and oxygen atoms in total. The number of hydrogen-bond acceptors (Lipinski definition) is 6. The number of carboxylic acid groups (broad SMARTS) is 1. The molecule has 35 heavy (non-hydrogen) atoms. The van der Waals surface area contributed by atoms with E-state index >= 15 is 0 Å². The van der Waals surface area contributed by atoms with Gasteiger partial charge in [0.2, 0.25) is 0 Å². The summed E-state index contributed by atoms with van der Waals surface area (Å²) in [5, 5.41) is 9.64. The molecular formula is C23H21ClFN3O6S. The topological polar surface area (TPSA) is 117 Å². The smallest absolute Gasteiger partial charge is 0.411 e. The largest absolute Gasteiger partial charge is 0.492 e. The van der Waals surface area contributed by atoms with Crippen LogP contribution in [0.25, 0.3) is 0 Å². The van der Waals surface area contributed by atoms with Crippen LogP contribution < -0.4 is 14.5 Å². The predicted molar refractivity (Wildman–Crippen MR) is 130 cm³/mol. The van der Waals surface area contributed by atoms with Crippen molar-refractivity contribution in [2.24, 2.45) is 0 Å². The molecular weight excluding hydrogens is 501 g/mol. The van der Waals surface area contributed by atoms with E-state index < -0.39 is 34.5 Å². The number of rotatable bonds is 10. The van der Waals surface area contributed by atoms with Crippen LogP contribution in [0.15, 0.2) is 73.1 Å². The van der Waals surface area contributed by atoms with E-state index in [9.17, 15) is 27.0 Å². The molecule has 184 valence electrons. The number of para-hydroxylation sites is 1. The van der Waals surface area contributed by atoms with Gasteiger partial charge in [0, 0.05) is 35.2 Å². The Morgan fingerprint density at radius 1 is 0.971 bits per heavy atom. The molecule has 1 aromatic heterocycles. The number of aromatic nitrogens is 1. The second kappa shape index (κ2) is 11.6. The van der Waals surface area contributed by atoms with E-state index in [1.807, 2.05) is 0 Å². The van der Waals surface area contributed by atoms with Crippen molar-refractivity contribution in [1.82, 2.24) is 4.98 Å². The zero-order chi connectivity index (χ0) is 25.4. The van der Waals surface area contributed by atoms with E-state index in [1.54, 1.807) is 42.5 Å². The van der Waals surface area contributed by atoms with Crippen molar-refractivity contribution in [2.45, 2.75) is 0 Å². The van der Waals surface area contributed by atoms with Gasteiger partial charge in [-0.2, -0.15) is 8.42 Å². The summed E-state index contributed by atoms with van der Waals surface area (Å²) in [6, 6.07) is 15.5. The van der Waals surface area contributed by atoms with E-state index in [4.69, 9.17) is 16.3 Å². The number of nitrogens with zero attached hydrogens (tertiary/aromatic N) is 3. The maximum atomic E-state index is 13.2. The Kier molecular flexibility index (Phi) is 8.61. The molecule has 0 saturated heterocycles. The fourth-order valence-electron chi connectivity index (χ4n) is 3.20. The molecule has 2 amide bonds. The monoisotopic (exact) mass is 521 g/mol. The molecule has 0 fully saturated rings. The zero-order valence-electron chi connectivity index (χ0n) is 18.3. The first-order valence-corrected chi connectivity index (χ1v) is 12.2. The fraction of sp³-hybridized carbons (Fsp3) is 0.174. The van der Waals surface area contributed by atoms with Gasteiger partial charge in [-0.3, -0.25) is 14.7 Å². The molecule has 1 heterocycles. The second-order valence-corrected chi connectivity index (χ2v) is 9.12. The summed E-state index contributed by atoms with van der Waals surface area (Å²) >= 11 is 6.16. The fourth-order valence-corrected chi connectivity index (χ4v) is 3.82. The summed E-state index contributed by atoms with van der Waals surface area (Å²) in [7, 11) is -4.81. The number of hydrogen-bond donors (Lipinski definition) is 1. The molecule has 3 aromatic rings. The number of pyridine rings is 1.